The molecule has 28 heavy (non-hydrogen) atoms. The lowest BCUT2D eigenvalue weighted by molar-refractivity contribution is -0.135. The van der Waals surface area contributed by atoms with Crippen molar-refractivity contribution in [3.8, 4) is 5.75 Å². The molecular formula is C20H17ClFN3O3. The number of amides is 2. The van der Waals surface area contributed by atoms with E-state index in [1.54, 1.807) is 24.4 Å². The van der Waals surface area contributed by atoms with Crippen molar-refractivity contribution in [2.45, 2.75) is 0 Å². The molecule has 0 unspecified atom stereocenters. The number of pyridine rings is 1. The minimum absolute atomic E-state index is 0.167. The predicted molar refractivity (Wildman–Crippen MR) is 105 cm³/mol. The molecule has 0 bridgehead atoms. The summed E-state index contributed by atoms with van der Waals surface area (Å²) in [6.45, 7) is -0.424. The molecule has 6 nitrogen and oxygen atoms in total. The summed E-state index contributed by atoms with van der Waals surface area (Å²) in [4.78, 5) is 29.8. The van der Waals surface area contributed by atoms with Gasteiger partial charge in [-0.15, -0.1) is 0 Å². The van der Waals surface area contributed by atoms with Gasteiger partial charge in [0, 0.05) is 24.3 Å². The number of nitrogens with zero attached hydrogens (tertiary/aromatic N) is 2. The molecule has 0 fully saturated rings. The molecule has 0 atom stereocenters. The van der Waals surface area contributed by atoms with Gasteiger partial charge in [0.2, 0.25) is 5.91 Å². The number of ether oxygens (including phenoxy) is 1. The van der Waals surface area contributed by atoms with Crippen LogP contribution >= 0.6 is 11.6 Å². The molecule has 0 saturated heterocycles. The molecule has 0 aliphatic carbocycles. The molecule has 1 heterocycles. The van der Waals surface area contributed by atoms with E-state index in [4.69, 9.17) is 16.3 Å². The summed E-state index contributed by atoms with van der Waals surface area (Å²) in [6, 6.07) is 12.2. The van der Waals surface area contributed by atoms with Crippen LogP contribution in [0, 0.1) is 5.82 Å². The number of carbonyl (C=O) groups excluding carboxylic acids is 2. The zero-order valence-electron chi connectivity index (χ0n) is 15.0. The third-order valence-corrected chi connectivity index (χ3v) is 4.29. The fourth-order valence-electron chi connectivity index (χ4n) is 2.52. The Morgan fingerprint density at radius 3 is 2.68 bits per heavy atom. The number of rotatable bonds is 6. The van der Waals surface area contributed by atoms with Gasteiger partial charge in [-0.25, -0.2) is 4.39 Å². The van der Waals surface area contributed by atoms with Gasteiger partial charge in [-0.1, -0.05) is 11.6 Å². The van der Waals surface area contributed by atoms with Gasteiger partial charge in [0.05, 0.1) is 11.6 Å². The van der Waals surface area contributed by atoms with E-state index in [9.17, 15) is 14.0 Å². The monoisotopic (exact) mass is 401 g/mol. The third-order valence-electron chi connectivity index (χ3n) is 3.97. The van der Waals surface area contributed by atoms with Crippen LogP contribution in [0.1, 0.15) is 0 Å². The summed E-state index contributed by atoms with van der Waals surface area (Å²) in [6.07, 6.45) is 1.61. The number of fused-ring (bicyclic) bond motifs is 1. The van der Waals surface area contributed by atoms with Gasteiger partial charge >= 0.3 is 0 Å². The summed E-state index contributed by atoms with van der Waals surface area (Å²) in [5.41, 5.74) is 1.00. The van der Waals surface area contributed by atoms with Crippen molar-refractivity contribution in [3.63, 3.8) is 0 Å². The lowest BCUT2D eigenvalue weighted by Gasteiger charge is -2.17. The number of halogens is 2. The number of benzene rings is 2. The average Bonchev–Trinajstić information content (AvgIpc) is 2.69. The number of hydrogen-bond acceptors (Lipinski definition) is 4. The van der Waals surface area contributed by atoms with Crippen LogP contribution in [0.4, 0.5) is 10.1 Å². The Bertz CT molecular complexity index is 1010. The van der Waals surface area contributed by atoms with E-state index in [1.807, 2.05) is 6.07 Å². The van der Waals surface area contributed by atoms with Gasteiger partial charge in [0.15, 0.2) is 6.61 Å². The van der Waals surface area contributed by atoms with E-state index in [1.165, 1.54) is 36.2 Å². The number of anilines is 1. The molecule has 0 radical (unpaired) electrons. The van der Waals surface area contributed by atoms with Crippen LogP contribution in [0.2, 0.25) is 5.02 Å². The molecule has 0 saturated carbocycles. The number of likely N-dealkylation sites (N-methyl/N-ethyl adjacent to an activating group) is 1. The number of hydrogen-bond donors (Lipinski definition) is 1. The van der Waals surface area contributed by atoms with Crippen molar-refractivity contribution >= 4 is 40.0 Å². The van der Waals surface area contributed by atoms with Crippen molar-refractivity contribution in [1.82, 2.24) is 9.88 Å². The van der Waals surface area contributed by atoms with Crippen LogP contribution in [-0.2, 0) is 9.59 Å². The molecule has 144 valence electrons. The van der Waals surface area contributed by atoms with Crippen LogP contribution in [0.25, 0.3) is 10.9 Å². The van der Waals surface area contributed by atoms with Gasteiger partial charge in [-0.05, 0) is 48.5 Å². The topological polar surface area (TPSA) is 71.5 Å². The molecule has 3 rings (SSSR count). The minimum atomic E-state index is -0.402. The number of aromatic nitrogens is 1. The maximum atomic E-state index is 12.9. The van der Waals surface area contributed by atoms with Crippen LogP contribution in [-0.4, -0.2) is 41.9 Å². The predicted octanol–water partition coefficient (Wildman–Crippen LogP) is 3.50. The third kappa shape index (κ3) is 4.75. The summed E-state index contributed by atoms with van der Waals surface area (Å²) in [5.74, 6) is -0.751. The fraction of sp³-hybridized carbons (Fsp3) is 0.150. The summed E-state index contributed by atoms with van der Waals surface area (Å²) >= 11 is 6.14. The van der Waals surface area contributed by atoms with E-state index in [0.29, 0.717) is 22.0 Å². The standard InChI is InChI=1S/C20H17ClFN3O3/c1-25(11-18(26)24-14-6-4-13(22)5-7-14)19(27)12-28-17-9-8-16(21)15-3-2-10-23-20(15)17/h2-10H,11-12H2,1H3,(H,24,26). The fourth-order valence-corrected chi connectivity index (χ4v) is 2.73. The highest BCUT2D eigenvalue weighted by molar-refractivity contribution is 6.35. The first-order chi connectivity index (χ1) is 13.4. The Balaban J connectivity index is 1.57. The number of nitrogens with one attached hydrogen (secondary N) is 1. The molecule has 3 aromatic rings. The Hall–Kier alpha value is -3.19. The first-order valence-corrected chi connectivity index (χ1v) is 8.77. The molecule has 1 aromatic heterocycles. The SMILES string of the molecule is CN(CC(=O)Nc1ccc(F)cc1)C(=O)COc1ccc(Cl)c2cccnc12. The summed E-state index contributed by atoms with van der Waals surface area (Å²) < 4.78 is 18.5. The largest absolute Gasteiger partial charge is 0.481 e. The van der Waals surface area contributed by atoms with Gasteiger partial charge < -0.3 is 15.0 Å². The van der Waals surface area contributed by atoms with Gasteiger partial charge in [-0.3, -0.25) is 14.6 Å². The molecule has 2 aromatic carbocycles. The maximum absolute atomic E-state index is 12.9. The van der Waals surface area contributed by atoms with Crippen molar-refractivity contribution in [1.29, 1.82) is 0 Å². The molecule has 1 N–H and O–H groups in total. The van der Waals surface area contributed by atoms with Gasteiger partial charge in [0.1, 0.15) is 17.1 Å². The van der Waals surface area contributed by atoms with Crippen molar-refractivity contribution in [2.24, 2.45) is 0 Å². The second-order valence-electron chi connectivity index (χ2n) is 6.04. The van der Waals surface area contributed by atoms with E-state index >= 15 is 0 Å². The van der Waals surface area contributed by atoms with Gasteiger partial charge in [0.25, 0.3) is 5.91 Å². The van der Waals surface area contributed by atoms with Crippen LogP contribution in [0.15, 0.2) is 54.7 Å². The van der Waals surface area contributed by atoms with E-state index in [2.05, 4.69) is 10.3 Å². The highest BCUT2D eigenvalue weighted by Gasteiger charge is 2.15. The van der Waals surface area contributed by atoms with E-state index in [0.717, 1.165) is 5.39 Å². The molecule has 0 spiro atoms. The molecule has 0 aliphatic heterocycles. The maximum Gasteiger partial charge on any atom is 0.260 e. The average molecular weight is 402 g/mol. The Morgan fingerprint density at radius 1 is 1.18 bits per heavy atom. The first kappa shape index (κ1) is 19.6. The minimum Gasteiger partial charge on any atom is -0.481 e. The second kappa shape index (κ2) is 8.67. The van der Waals surface area contributed by atoms with E-state index < -0.39 is 11.7 Å². The summed E-state index contributed by atoms with van der Waals surface area (Å²) in [5, 5.41) is 3.86. The quantitative estimate of drug-likeness (QED) is 0.686. The lowest BCUT2D eigenvalue weighted by Crippen LogP contribution is -2.37. The first-order valence-electron chi connectivity index (χ1n) is 8.39. The molecular weight excluding hydrogens is 385 g/mol. The van der Waals surface area contributed by atoms with E-state index in [-0.39, 0.29) is 19.1 Å². The Kier molecular flexibility index (Phi) is 6.06. The van der Waals surface area contributed by atoms with Crippen LogP contribution < -0.4 is 10.1 Å². The van der Waals surface area contributed by atoms with Gasteiger partial charge in [-0.2, -0.15) is 0 Å². The van der Waals surface area contributed by atoms with Crippen molar-refractivity contribution < 1.29 is 18.7 Å². The highest BCUT2D eigenvalue weighted by atomic mass is 35.5. The zero-order chi connectivity index (χ0) is 20.1. The normalized spacial score (nSPS) is 10.5. The Labute approximate surface area is 165 Å². The Morgan fingerprint density at radius 2 is 1.93 bits per heavy atom. The molecule has 0 aliphatic rings. The zero-order valence-corrected chi connectivity index (χ0v) is 15.7. The lowest BCUT2D eigenvalue weighted by atomic mass is 10.2. The van der Waals surface area contributed by atoms with Crippen LogP contribution in [0.5, 0.6) is 5.75 Å². The number of carbonyl (C=O) groups is 2. The van der Waals surface area contributed by atoms with Crippen LogP contribution in [0.3, 0.4) is 0 Å². The van der Waals surface area contributed by atoms with Crippen molar-refractivity contribution in [3.05, 3.63) is 65.6 Å². The second-order valence-corrected chi connectivity index (χ2v) is 6.45. The molecule has 8 heteroatoms. The highest BCUT2D eigenvalue weighted by Crippen LogP contribution is 2.29. The smallest absolute Gasteiger partial charge is 0.260 e. The van der Waals surface area contributed by atoms with Crippen molar-refractivity contribution in [2.75, 3.05) is 25.5 Å². The molecule has 2 amide bonds. The summed E-state index contributed by atoms with van der Waals surface area (Å²) in [7, 11) is 1.49.